The summed E-state index contributed by atoms with van der Waals surface area (Å²) in [5.41, 5.74) is -2.47. The lowest BCUT2D eigenvalue weighted by molar-refractivity contribution is -0.145. The van der Waals surface area contributed by atoms with E-state index in [0.29, 0.717) is 45.9 Å². The van der Waals surface area contributed by atoms with Gasteiger partial charge in [0.15, 0.2) is 0 Å². The van der Waals surface area contributed by atoms with Crippen LogP contribution >= 0.6 is 0 Å². The topological polar surface area (TPSA) is 303 Å². The summed E-state index contributed by atoms with van der Waals surface area (Å²) in [4.78, 5) is 92.1. The van der Waals surface area contributed by atoms with Crippen LogP contribution in [-0.4, -0.2) is 263 Å². The van der Waals surface area contributed by atoms with Crippen LogP contribution in [0.5, 0.6) is 0 Å². The highest BCUT2D eigenvalue weighted by Gasteiger charge is 2.20. The van der Waals surface area contributed by atoms with Crippen molar-refractivity contribution in [1.29, 1.82) is 0 Å². The smallest absolute Gasteiger partial charge is 0.407 e. The molecule has 0 aromatic heterocycles. The van der Waals surface area contributed by atoms with E-state index in [4.69, 9.17) is 52.1 Å². The molecule has 0 aromatic rings. The first-order chi connectivity index (χ1) is 38.1. The van der Waals surface area contributed by atoms with Crippen LogP contribution in [0.25, 0.3) is 0 Å². The molecule has 0 spiro atoms. The van der Waals surface area contributed by atoms with Crippen LogP contribution in [0.2, 0.25) is 0 Å². The van der Waals surface area contributed by atoms with E-state index >= 15 is 0 Å². The molecule has 81 heavy (non-hydrogen) atoms. The van der Waals surface area contributed by atoms with Crippen molar-refractivity contribution in [2.24, 2.45) is 0 Å². The second kappa shape index (κ2) is 44.7. The number of carbonyl (C=O) groups is 7. The fraction of sp³-hybridized carbons (Fsp3) is 0.870. The van der Waals surface area contributed by atoms with E-state index < -0.39 is 46.8 Å². The molecule has 0 atom stereocenters. The molecule has 27 heteroatoms. The van der Waals surface area contributed by atoms with Crippen LogP contribution in [0, 0.1) is 0 Å². The van der Waals surface area contributed by atoms with Gasteiger partial charge in [0.25, 0.3) is 0 Å². The lowest BCUT2D eigenvalue weighted by Gasteiger charge is -2.23. The minimum absolute atomic E-state index is 0.0252. The van der Waals surface area contributed by atoms with Crippen LogP contribution in [0.15, 0.2) is 0 Å². The Morgan fingerprint density at radius 2 is 0.556 bits per heavy atom. The molecule has 0 aromatic carbocycles. The zero-order valence-electron chi connectivity index (χ0n) is 51.4. The second-order valence-corrected chi connectivity index (χ2v) is 22.5. The quantitative estimate of drug-likeness (QED) is 0.0290. The summed E-state index contributed by atoms with van der Waals surface area (Å²) in [6.45, 7) is 30.7. The van der Waals surface area contributed by atoms with E-state index in [0.717, 1.165) is 12.8 Å². The fourth-order valence-electron chi connectivity index (χ4n) is 6.34. The third-order valence-electron chi connectivity index (χ3n) is 9.95. The Morgan fingerprint density at radius 1 is 0.321 bits per heavy atom. The first-order valence-corrected chi connectivity index (χ1v) is 28.3. The Bertz CT molecular complexity index is 1530. The maximum absolute atomic E-state index is 13.0. The van der Waals surface area contributed by atoms with Gasteiger partial charge in [-0.25, -0.2) is 19.2 Å². The highest BCUT2D eigenvalue weighted by molar-refractivity contribution is 5.78. The first kappa shape index (κ1) is 76.1. The SMILES string of the molecule is CCCCOC(=O)CN(CCOCCNC(=O)CN(CCOCCNC(=O)OC(C)(C)C)CCOCCNC(=O)OC(C)(C)C)CCOCCNC(=O)CN(CCOCCNC(=O)OC(C)(C)C)CCOCCNC(=O)OC(C)(C)C. The number of esters is 1. The summed E-state index contributed by atoms with van der Waals surface area (Å²) in [6, 6.07) is 0. The molecular weight excluding hydrogens is 1060 g/mol. The van der Waals surface area contributed by atoms with E-state index in [-0.39, 0.29) is 156 Å². The lowest BCUT2D eigenvalue weighted by Crippen LogP contribution is -2.42. The van der Waals surface area contributed by atoms with E-state index in [1.54, 1.807) is 83.1 Å². The number of nitrogens with zero attached hydrogens (tertiary/aromatic N) is 3. The Kier molecular flexibility index (Phi) is 42.0. The van der Waals surface area contributed by atoms with Crippen LogP contribution in [-0.2, 0) is 66.5 Å². The lowest BCUT2D eigenvalue weighted by atomic mass is 10.2. The predicted molar refractivity (Wildman–Crippen MR) is 303 cm³/mol. The molecule has 0 rings (SSSR count). The van der Waals surface area contributed by atoms with Crippen molar-refractivity contribution in [3.05, 3.63) is 0 Å². The summed E-state index contributed by atoms with van der Waals surface area (Å²) in [7, 11) is 0. The standard InChI is InChI=1S/C54H105N9O18/c1-14-15-28-77-46(66)43-63(26-39-71-29-16-55-44(64)41-61(22-35-73-31-18-57-47(67)78-51(2,3)4)23-36-74-32-19-58-48(68)79-52(5,6)7)27-40-72-30-17-56-45(65)42-62(24-37-75-33-20-59-49(69)80-53(8,9)10)25-38-76-34-21-60-50(70)81-54(11,12)13/h14-43H2,1-13H3,(H,55,64)(H,56,65)(H,57,67)(H,58,68)(H,59,69)(H,60,70). The molecular formula is C54H105N9O18. The molecule has 6 amide bonds. The number of alkyl carbamates (subject to hydrolysis) is 4. The second-order valence-electron chi connectivity index (χ2n) is 22.5. The molecule has 27 nitrogen and oxygen atoms in total. The molecule has 0 aliphatic rings. The van der Waals surface area contributed by atoms with E-state index in [2.05, 4.69) is 31.9 Å². The number of ether oxygens (including phenoxy) is 11. The van der Waals surface area contributed by atoms with Gasteiger partial charge in [0, 0.05) is 78.5 Å². The number of hydrogen-bond acceptors (Lipinski definition) is 21. The predicted octanol–water partition coefficient (Wildman–Crippen LogP) is 2.67. The molecule has 0 saturated carbocycles. The van der Waals surface area contributed by atoms with Crippen molar-refractivity contribution >= 4 is 42.2 Å². The van der Waals surface area contributed by atoms with Crippen molar-refractivity contribution < 1.29 is 85.7 Å². The molecule has 474 valence electrons. The van der Waals surface area contributed by atoms with Gasteiger partial charge in [-0.1, -0.05) is 13.3 Å². The molecule has 0 saturated heterocycles. The molecule has 0 bridgehead atoms. The number of unbranched alkanes of at least 4 members (excludes halogenated alkanes) is 1. The number of hydrogen-bond donors (Lipinski definition) is 6. The Hall–Kier alpha value is -4.87. The van der Waals surface area contributed by atoms with Gasteiger partial charge in [-0.15, -0.1) is 0 Å². The first-order valence-electron chi connectivity index (χ1n) is 28.3. The Balaban J connectivity index is 5.08. The van der Waals surface area contributed by atoms with Crippen molar-refractivity contribution in [1.82, 2.24) is 46.6 Å². The maximum Gasteiger partial charge on any atom is 0.407 e. The maximum atomic E-state index is 13.0. The van der Waals surface area contributed by atoms with E-state index in [1.807, 2.05) is 21.6 Å². The van der Waals surface area contributed by atoms with Crippen LogP contribution in [0.4, 0.5) is 19.2 Å². The normalized spacial score (nSPS) is 12.0. The number of carbonyl (C=O) groups excluding carboxylic acids is 7. The van der Waals surface area contributed by atoms with Gasteiger partial charge in [-0.2, -0.15) is 0 Å². The van der Waals surface area contributed by atoms with Gasteiger partial charge in [0.2, 0.25) is 11.8 Å². The fourth-order valence-corrected chi connectivity index (χ4v) is 6.34. The number of amides is 6. The summed E-state index contributed by atoms with van der Waals surface area (Å²) < 4.78 is 60.8. The molecule has 0 aliphatic carbocycles. The summed E-state index contributed by atoms with van der Waals surface area (Å²) in [6.07, 6.45) is -0.517. The zero-order chi connectivity index (χ0) is 61.0. The van der Waals surface area contributed by atoms with Crippen molar-refractivity contribution in [3.8, 4) is 0 Å². The average Bonchev–Trinajstić information content (AvgIpc) is 3.32. The highest BCUT2D eigenvalue weighted by Crippen LogP contribution is 2.09. The molecule has 0 aliphatic heterocycles. The van der Waals surface area contributed by atoms with Gasteiger partial charge in [-0.3, -0.25) is 29.1 Å². The van der Waals surface area contributed by atoms with Gasteiger partial charge in [-0.05, 0) is 89.5 Å². The van der Waals surface area contributed by atoms with E-state index in [9.17, 15) is 33.6 Å². The number of rotatable bonds is 45. The van der Waals surface area contributed by atoms with Gasteiger partial charge in [0.05, 0.1) is 106 Å². The third kappa shape index (κ3) is 54.2. The van der Waals surface area contributed by atoms with Crippen molar-refractivity contribution in [2.75, 3.05) is 184 Å². The molecule has 6 N–H and O–H groups in total. The summed E-state index contributed by atoms with van der Waals surface area (Å²) >= 11 is 0. The monoisotopic (exact) mass is 1170 g/mol. The average molecular weight is 1170 g/mol. The largest absolute Gasteiger partial charge is 0.465 e. The molecule has 0 radical (unpaired) electrons. The summed E-state index contributed by atoms with van der Waals surface area (Å²) in [5, 5.41) is 16.3. The molecule has 0 unspecified atom stereocenters. The van der Waals surface area contributed by atoms with Gasteiger partial charge >= 0.3 is 30.3 Å². The Morgan fingerprint density at radius 3 is 0.790 bits per heavy atom. The summed E-state index contributed by atoms with van der Waals surface area (Å²) in [5.74, 6) is -0.840. The van der Waals surface area contributed by atoms with E-state index in [1.165, 1.54) is 0 Å². The Labute approximate surface area is 482 Å². The van der Waals surface area contributed by atoms with Gasteiger partial charge in [0.1, 0.15) is 22.4 Å². The van der Waals surface area contributed by atoms with Crippen molar-refractivity contribution in [2.45, 2.75) is 125 Å². The zero-order valence-corrected chi connectivity index (χ0v) is 51.4. The molecule has 0 fully saturated rings. The number of nitrogens with one attached hydrogen (secondary N) is 6. The van der Waals surface area contributed by atoms with Crippen molar-refractivity contribution in [3.63, 3.8) is 0 Å². The third-order valence-corrected chi connectivity index (χ3v) is 9.95. The minimum Gasteiger partial charge on any atom is -0.465 e. The molecule has 0 heterocycles. The van der Waals surface area contributed by atoms with Gasteiger partial charge < -0.3 is 84.0 Å². The highest BCUT2D eigenvalue weighted by atomic mass is 16.6. The van der Waals surface area contributed by atoms with Crippen LogP contribution < -0.4 is 31.9 Å². The minimum atomic E-state index is -0.618. The van der Waals surface area contributed by atoms with Crippen LogP contribution in [0.1, 0.15) is 103 Å². The van der Waals surface area contributed by atoms with Crippen LogP contribution in [0.3, 0.4) is 0 Å².